The van der Waals surface area contributed by atoms with Crippen LogP contribution in [0.4, 0.5) is 0 Å². The Bertz CT molecular complexity index is 418. The second-order valence-electron chi connectivity index (χ2n) is 5.22. The van der Waals surface area contributed by atoms with E-state index in [-0.39, 0.29) is 17.1 Å². The van der Waals surface area contributed by atoms with E-state index in [1.165, 1.54) is 16.7 Å². The summed E-state index contributed by atoms with van der Waals surface area (Å²) in [6, 6.07) is 0. The Morgan fingerprint density at radius 3 is 2.83 bits per heavy atom. The molecule has 1 saturated heterocycles. The van der Waals surface area contributed by atoms with Crippen LogP contribution in [-0.2, 0) is 19.1 Å². The van der Waals surface area contributed by atoms with Crippen LogP contribution in [0.3, 0.4) is 0 Å². The summed E-state index contributed by atoms with van der Waals surface area (Å²) in [6.07, 6.45) is 2.54. The molecule has 1 atom stereocenters. The summed E-state index contributed by atoms with van der Waals surface area (Å²) in [5, 5.41) is -0.253. The number of likely N-dealkylation sites (tertiary alicyclic amines) is 1. The van der Waals surface area contributed by atoms with Gasteiger partial charge in [-0.05, 0) is 18.6 Å². The molecule has 0 saturated carbocycles. The molecule has 0 aromatic heterocycles. The molecule has 1 unspecified atom stereocenters. The van der Waals surface area contributed by atoms with E-state index < -0.39 is 0 Å². The Balaban J connectivity index is 2.22. The molecule has 2 amide bonds. The first-order valence-corrected chi connectivity index (χ1v) is 8.88. The standard InChI is InChI=1S/C15H27N3O4S/c1-17-13(16)5-3-10-23-12-11-14(19)18(15(12)20)6-4-7-22-9-8-21-2/h12H,3-11H2,1-2H3,(H2,16,17). The Morgan fingerprint density at radius 2 is 2.13 bits per heavy atom. The van der Waals surface area contributed by atoms with Crippen LogP contribution in [0.25, 0.3) is 0 Å². The number of methoxy groups -OCH3 is 1. The van der Waals surface area contributed by atoms with E-state index in [2.05, 4.69) is 4.99 Å². The molecule has 1 aliphatic rings. The molecule has 0 bridgehead atoms. The van der Waals surface area contributed by atoms with Crippen LogP contribution in [0.2, 0.25) is 0 Å². The zero-order valence-electron chi connectivity index (χ0n) is 14.0. The summed E-state index contributed by atoms with van der Waals surface area (Å²) in [5.41, 5.74) is 5.63. The second kappa shape index (κ2) is 11.4. The van der Waals surface area contributed by atoms with Crippen molar-refractivity contribution in [3.8, 4) is 0 Å². The minimum atomic E-state index is -0.253. The van der Waals surface area contributed by atoms with Crippen LogP contribution < -0.4 is 5.73 Å². The summed E-state index contributed by atoms with van der Waals surface area (Å²) < 4.78 is 10.2. The van der Waals surface area contributed by atoms with Gasteiger partial charge in [-0.15, -0.1) is 11.8 Å². The van der Waals surface area contributed by atoms with Crippen LogP contribution in [0.15, 0.2) is 4.99 Å². The van der Waals surface area contributed by atoms with Gasteiger partial charge in [0.15, 0.2) is 0 Å². The minimum absolute atomic E-state index is 0.0750. The number of nitrogens with zero attached hydrogens (tertiary/aromatic N) is 2. The SMILES string of the molecule is CN=C(N)CCCSC1CC(=O)N(CCCOCCOC)C1=O. The van der Waals surface area contributed by atoms with Gasteiger partial charge >= 0.3 is 0 Å². The molecule has 2 N–H and O–H groups in total. The first-order chi connectivity index (χ1) is 11.1. The summed E-state index contributed by atoms with van der Waals surface area (Å²) >= 11 is 1.53. The number of rotatable bonds is 12. The number of nitrogens with two attached hydrogens (primary N) is 1. The first-order valence-electron chi connectivity index (χ1n) is 7.83. The Kier molecular flexibility index (Phi) is 9.89. The minimum Gasteiger partial charge on any atom is -0.387 e. The van der Waals surface area contributed by atoms with Crippen molar-refractivity contribution in [2.75, 3.05) is 46.3 Å². The molecule has 132 valence electrons. The summed E-state index contributed by atoms with van der Waals surface area (Å²) in [6.45, 7) is 2.03. The number of amides is 2. The molecule has 0 aliphatic carbocycles. The molecule has 1 heterocycles. The molecule has 0 radical (unpaired) electrons. The monoisotopic (exact) mass is 345 g/mol. The van der Waals surface area contributed by atoms with Gasteiger partial charge in [0.05, 0.1) is 24.3 Å². The molecule has 23 heavy (non-hydrogen) atoms. The lowest BCUT2D eigenvalue weighted by Crippen LogP contribution is -2.33. The van der Waals surface area contributed by atoms with Crippen molar-refractivity contribution >= 4 is 29.4 Å². The number of ether oxygens (including phenoxy) is 2. The maximum atomic E-state index is 12.2. The average molecular weight is 345 g/mol. The van der Waals surface area contributed by atoms with Crippen LogP contribution in [-0.4, -0.2) is 74.1 Å². The second-order valence-corrected chi connectivity index (χ2v) is 6.54. The number of carbonyl (C=O) groups excluding carboxylic acids is 2. The topological polar surface area (TPSA) is 94.2 Å². The third-order valence-electron chi connectivity index (χ3n) is 3.49. The van der Waals surface area contributed by atoms with E-state index in [9.17, 15) is 9.59 Å². The predicted octanol–water partition coefficient (Wildman–Crippen LogP) is 0.667. The maximum Gasteiger partial charge on any atom is 0.242 e. The fourth-order valence-electron chi connectivity index (χ4n) is 2.18. The number of amidine groups is 1. The largest absolute Gasteiger partial charge is 0.387 e. The van der Waals surface area contributed by atoms with Gasteiger partial charge in [-0.3, -0.25) is 19.5 Å². The van der Waals surface area contributed by atoms with Crippen LogP contribution >= 0.6 is 11.8 Å². The highest BCUT2D eigenvalue weighted by Crippen LogP contribution is 2.26. The number of hydrogen-bond acceptors (Lipinski definition) is 6. The number of imide groups is 1. The van der Waals surface area contributed by atoms with Gasteiger partial charge in [0, 0.05) is 40.2 Å². The molecular weight excluding hydrogens is 318 g/mol. The van der Waals surface area contributed by atoms with Gasteiger partial charge in [0.1, 0.15) is 0 Å². The predicted molar refractivity (Wildman–Crippen MR) is 91.7 cm³/mol. The number of thioether (sulfide) groups is 1. The lowest BCUT2D eigenvalue weighted by molar-refractivity contribution is -0.138. The van der Waals surface area contributed by atoms with Gasteiger partial charge in [0.25, 0.3) is 0 Å². The Labute approximate surface area is 142 Å². The highest BCUT2D eigenvalue weighted by molar-refractivity contribution is 8.00. The molecule has 1 rings (SSSR count). The Hall–Kier alpha value is -1.12. The third-order valence-corrected chi connectivity index (χ3v) is 4.78. The normalized spacial score (nSPS) is 19.0. The van der Waals surface area contributed by atoms with Gasteiger partial charge in [-0.2, -0.15) is 0 Å². The van der Waals surface area contributed by atoms with Crippen molar-refractivity contribution < 1.29 is 19.1 Å². The van der Waals surface area contributed by atoms with Crippen LogP contribution in [0.1, 0.15) is 25.7 Å². The van der Waals surface area contributed by atoms with Gasteiger partial charge in [-0.1, -0.05) is 0 Å². The first kappa shape index (κ1) is 19.9. The molecule has 0 aromatic carbocycles. The van der Waals surface area contributed by atoms with E-state index in [1.807, 2.05) is 0 Å². The van der Waals surface area contributed by atoms with E-state index in [1.54, 1.807) is 14.2 Å². The lowest BCUT2D eigenvalue weighted by Gasteiger charge is -2.14. The maximum absolute atomic E-state index is 12.2. The smallest absolute Gasteiger partial charge is 0.242 e. The quantitative estimate of drug-likeness (QED) is 0.242. The van der Waals surface area contributed by atoms with Crippen LogP contribution in [0, 0.1) is 0 Å². The van der Waals surface area contributed by atoms with Crippen molar-refractivity contribution in [3.63, 3.8) is 0 Å². The highest BCUT2D eigenvalue weighted by Gasteiger charge is 2.38. The van der Waals surface area contributed by atoms with Crippen molar-refractivity contribution in [3.05, 3.63) is 0 Å². The van der Waals surface area contributed by atoms with Crippen LogP contribution in [0.5, 0.6) is 0 Å². The number of hydrogen-bond donors (Lipinski definition) is 1. The molecule has 8 heteroatoms. The molecule has 1 fully saturated rings. The van der Waals surface area contributed by atoms with Crippen molar-refractivity contribution in [2.45, 2.75) is 30.9 Å². The van der Waals surface area contributed by atoms with Gasteiger partial charge in [-0.25, -0.2) is 0 Å². The van der Waals surface area contributed by atoms with E-state index in [0.717, 1.165) is 18.6 Å². The Morgan fingerprint density at radius 1 is 1.35 bits per heavy atom. The number of aliphatic imine (C=N–C) groups is 1. The zero-order chi connectivity index (χ0) is 17.1. The molecule has 7 nitrogen and oxygen atoms in total. The average Bonchev–Trinajstić information content (AvgIpc) is 2.81. The molecule has 0 spiro atoms. The van der Waals surface area contributed by atoms with Crippen molar-refractivity contribution in [2.24, 2.45) is 10.7 Å². The van der Waals surface area contributed by atoms with E-state index >= 15 is 0 Å². The van der Waals surface area contributed by atoms with Gasteiger partial charge in [0.2, 0.25) is 11.8 Å². The summed E-state index contributed by atoms with van der Waals surface area (Å²) in [7, 11) is 3.28. The highest BCUT2D eigenvalue weighted by atomic mass is 32.2. The van der Waals surface area contributed by atoms with Gasteiger partial charge < -0.3 is 15.2 Å². The zero-order valence-corrected chi connectivity index (χ0v) is 14.8. The third kappa shape index (κ3) is 7.32. The van der Waals surface area contributed by atoms with E-state index in [0.29, 0.717) is 45.0 Å². The molecule has 0 aromatic rings. The van der Waals surface area contributed by atoms with Crippen molar-refractivity contribution in [1.82, 2.24) is 4.90 Å². The lowest BCUT2D eigenvalue weighted by atomic mass is 10.3. The fourth-order valence-corrected chi connectivity index (χ4v) is 3.30. The van der Waals surface area contributed by atoms with E-state index in [4.69, 9.17) is 15.2 Å². The summed E-state index contributed by atoms with van der Waals surface area (Å²) in [4.78, 5) is 29.4. The molecular formula is C15H27N3O4S. The number of carbonyl (C=O) groups is 2. The van der Waals surface area contributed by atoms with Crippen molar-refractivity contribution in [1.29, 1.82) is 0 Å². The summed E-state index contributed by atoms with van der Waals surface area (Å²) in [5.74, 6) is 1.26. The fraction of sp³-hybridized carbons (Fsp3) is 0.800. The molecule has 1 aliphatic heterocycles.